The highest BCUT2D eigenvalue weighted by molar-refractivity contribution is 6.38. The lowest BCUT2D eigenvalue weighted by atomic mass is 9.92. The molecule has 2 nitrogen and oxygen atoms in total. The van der Waals surface area contributed by atoms with Crippen molar-refractivity contribution in [1.82, 2.24) is 4.90 Å². The molecule has 31 heavy (non-hydrogen) atoms. The molecule has 0 radical (unpaired) electrons. The van der Waals surface area contributed by atoms with Gasteiger partial charge >= 0.3 is 6.18 Å². The van der Waals surface area contributed by atoms with E-state index in [2.05, 4.69) is 0 Å². The third-order valence-electron chi connectivity index (χ3n) is 4.52. The van der Waals surface area contributed by atoms with Crippen molar-refractivity contribution in [1.29, 1.82) is 0 Å². The summed E-state index contributed by atoms with van der Waals surface area (Å²) in [4.78, 5) is 13.5. The van der Waals surface area contributed by atoms with Crippen molar-refractivity contribution in [2.45, 2.75) is 6.18 Å². The summed E-state index contributed by atoms with van der Waals surface area (Å²) in [5.41, 5.74) is -1.18. The van der Waals surface area contributed by atoms with Crippen LogP contribution in [0.3, 0.4) is 0 Å². The van der Waals surface area contributed by atoms with Crippen LogP contribution < -0.4 is 0 Å². The standard InChI is InChI=1S/C22H14Cl4F3NO/c1-30(2)9-15-19(13-5-3-11(23)7-17(13)25)20(14-6-4-12(24)8-18(14)26)16(10-31)21(15)22(27,28)29/h3-10H,1-2H3/b15-9-. The summed E-state index contributed by atoms with van der Waals surface area (Å²) >= 11 is 24.7. The second kappa shape index (κ2) is 8.91. The molecule has 3 rings (SSSR count). The van der Waals surface area contributed by atoms with Crippen LogP contribution in [0.2, 0.25) is 20.1 Å². The molecule has 2 aromatic rings. The molecule has 1 aliphatic carbocycles. The van der Waals surface area contributed by atoms with E-state index in [1.807, 2.05) is 0 Å². The van der Waals surface area contributed by atoms with Crippen LogP contribution in [0.15, 0.2) is 59.3 Å². The monoisotopic (exact) mass is 505 g/mol. The smallest absolute Gasteiger partial charge is 0.383 e. The first-order valence-electron chi connectivity index (χ1n) is 8.76. The normalized spacial score (nSPS) is 15.8. The Labute approximate surface area is 197 Å². The van der Waals surface area contributed by atoms with Crippen LogP contribution in [-0.4, -0.2) is 31.5 Å². The van der Waals surface area contributed by atoms with Gasteiger partial charge in [0, 0.05) is 73.8 Å². The zero-order valence-electron chi connectivity index (χ0n) is 16.1. The van der Waals surface area contributed by atoms with Crippen molar-refractivity contribution in [3.63, 3.8) is 0 Å². The molecule has 0 amide bonds. The van der Waals surface area contributed by atoms with Crippen LogP contribution in [-0.2, 0) is 4.79 Å². The van der Waals surface area contributed by atoms with Crippen molar-refractivity contribution < 1.29 is 18.0 Å². The topological polar surface area (TPSA) is 20.3 Å². The molecule has 0 bridgehead atoms. The summed E-state index contributed by atoms with van der Waals surface area (Å²) in [5, 5.41) is 0.840. The third-order valence-corrected chi connectivity index (χ3v) is 5.61. The maximum Gasteiger partial charge on any atom is 0.417 e. The van der Waals surface area contributed by atoms with E-state index in [4.69, 9.17) is 46.4 Å². The maximum atomic E-state index is 14.2. The van der Waals surface area contributed by atoms with Gasteiger partial charge < -0.3 is 4.90 Å². The minimum absolute atomic E-state index is 0.0151. The molecule has 0 aliphatic heterocycles. The van der Waals surface area contributed by atoms with E-state index in [1.165, 1.54) is 47.5 Å². The van der Waals surface area contributed by atoms with Crippen LogP contribution >= 0.6 is 46.4 Å². The predicted molar refractivity (Wildman–Crippen MR) is 121 cm³/mol. The van der Waals surface area contributed by atoms with Gasteiger partial charge in [-0.3, -0.25) is 4.79 Å². The summed E-state index contributed by atoms with van der Waals surface area (Å²) in [6.45, 7) is 0. The van der Waals surface area contributed by atoms with Gasteiger partial charge in [-0.15, -0.1) is 0 Å². The van der Waals surface area contributed by atoms with Crippen molar-refractivity contribution in [2.75, 3.05) is 14.1 Å². The molecule has 0 aromatic heterocycles. The van der Waals surface area contributed by atoms with Crippen molar-refractivity contribution in [2.24, 2.45) is 0 Å². The number of alkyl halides is 3. The lowest BCUT2D eigenvalue weighted by molar-refractivity contribution is -0.106. The lowest BCUT2D eigenvalue weighted by Gasteiger charge is -2.18. The molecular formula is C22H14Cl4F3NO. The van der Waals surface area contributed by atoms with Gasteiger partial charge in [0.2, 0.25) is 0 Å². The first-order chi connectivity index (χ1) is 14.5. The molecule has 0 atom stereocenters. The van der Waals surface area contributed by atoms with E-state index < -0.39 is 17.3 Å². The number of allylic oxidation sites excluding steroid dienone is 5. The van der Waals surface area contributed by atoms with Gasteiger partial charge in [-0.05, 0) is 24.3 Å². The average Bonchev–Trinajstić information content (AvgIpc) is 2.95. The zero-order chi connectivity index (χ0) is 23.1. The molecule has 9 heteroatoms. The molecule has 0 N–H and O–H groups in total. The predicted octanol–water partition coefficient (Wildman–Crippen LogP) is 7.73. The van der Waals surface area contributed by atoms with Crippen LogP contribution in [0.1, 0.15) is 11.1 Å². The Morgan fingerprint density at radius 1 is 0.839 bits per heavy atom. The summed E-state index contributed by atoms with van der Waals surface area (Å²) in [7, 11) is 3.16. The summed E-state index contributed by atoms with van der Waals surface area (Å²) in [6.07, 6.45) is -3.34. The van der Waals surface area contributed by atoms with Gasteiger partial charge in [-0.2, -0.15) is 13.2 Å². The second-order valence-electron chi connectivity index (χ2n) is 6.91. The fourth-order valence-electron chi connectivity index (χ4n) is 3.42. The Kier molecular flexibility index (Phi) is 6.82. The fraction of sp³-hybridized carbons (Fsp3) is 0.136. The molecule has 0 saturated heterocycles. The molecule has 0 fully saturated rings. The molecule has 0 unspecified atom stereocenters. The van der Waals surface area contributed by atoms with E-state index in [0.717, 1.165) is 0 Å². The van der Waals surface area contributed by atoms with Crippen molar-refractivity contribution in [3.05, 3.63) is 90.5 Å². The van der Waals surface area contributed by atoms with Gasteiger partial charge in [-0.1, -0.05) is 58.5 Å². The molecule has 0 spiro atoms. The number of carbonyl (C=O) groups is 1. The Hall–Kier alpha value is -1.92. The van der Waals surface area contributed by atoms with Gasteiger partial charge in [0.05, 0.1) is 5.57 Å². The summed E-state index contributed by atoms with van der Waals surface area (Å²) in [6, 6.07) is 8.80. The molecular weight excluding hydrogens is 493 g/mol. The number of hydrogen-bond acceptors (Lipinski definition) is 2. The number of nitrogens with zero attached hydrogens (tertiary/aromatic N) is 1. The van der Waals surface area contributed by atoms with Crippen LogP contribution in [0.5, 0.6) is 0 Å². The Bertz CT molecular complexity index is 1160. The largest absolute Gasteiger partial charge is 0.417 e. The Balaban J connectivity index is 2.53. The molecule has 2 aromatic carbocycles. The minimum atomic E-state index is -4.82. The van der Waals surface area contributed by atoms with Gasteiger partial charge in [0.1, 0.15) is 0 Å². The number of aldehydes is 1. The van der Waals surface area contributed by atoms with Crippen molar-refractivity contribution in [3.8, 4) is 0 Å². The number of rotatable bonds is 4. The highest BCUT2D eigenvalue weighted by Crippen LogP contribution is 2.53. The highest BCUT2D eigenvalue weighted by Gasteiger charge is 2.46. The third kappa shape index (κ3) is 4.65. The number of hydrogen-bond donors (Lipinski definition) is 0. The Morgan fingerprint density at radius 2 is 1.32 bits per heavy atom. The SMILES string of the molecule is CN(C)/C=C1/C(c2ccc(Cl)cc2Cl)=C(c2ccc(Cl)cc2Cl)C(C=O)=C1C(F)(F)F. The molecule has 0 heterocycles. The summed E-state index contributed by atoms with van der Waals surface area (Å²) < 4.78 is 42.6. The fourth-order valence-corrected chi connectivity index (χ4v) is 4.42. The first kappa shape index (κ1) is 23.7. The van der Waals surface area contributed by atoms with Crippen molar-refractivity contribution >= 4 is 63.8 Å². The lowest BCUT2D eigenvalue weighted by Crippen LogP contribution is -2.16. The van der Waals surface area contributed by atoms with E-state index in [0.29, 0.717) is 10.0 Å². The number of halogens is 7. The van der Waals surface area contributed by atoms with Gasteiger partial charge in [0.15, 0.2) is 6.29 Å². The van der Waals surface area contributed by atoms with E-state index in [1.54, 1.807) is 14.1 Å². The van der Waals surface area contributed by atoms with E-state index in [9.17, 15) is 18.0 Å². The minimum Gasteiger partial charge on any atom is -0.383 e. The Morgan fingerprint density at radius 3 is 1.71 bits per heavy atom. The highest BCUT2D eigenvalue weighted by atomic mass is 35.5. The molecule has 0 saturated carbocycles. The summed E-state index contributed by atoms with van der Waals surface area (Å²) in [5.74, 6) is 0. The zero-order valence-corrected chi connectivity index (χ0v) is 19.1. The number of benzene rings is 2. The molecule has 1 aliphatic rings. The van der Waals surface area contributed by atoms with Gasteiger partial charge in [-0.25, -0.2) is 0 Å². The first-order valence-corrected chi connectivity index (χ1v) is 10.3. The van der Waals surface area contributed by atoms with E-state index in [-0.39, 0.29) is 44.2 Å². The maximum absolute atomic E-state index is 14.2. The van der Waals surface area contributed by atoms with E-state index >= 15 is 0 Å². The second-order valence-corrected chi connectivity index (χ2v) is 8.60. The van der Waals surface area contributed by atoms with Crippen LogP contribution in [0.25, 0.3) is 11.1 Å². The average molecular weight is 507 g/mol. The van der Waals surface area contributed by atoms with Gasteiger partial charge in [0.25, 0.3) is 0 Å². The quantitative estimate of drug-likeness (QED) is 0.395. The van der Waals surface area contributed by atoms with Crippen LogP contribution in [0.4, 0.5) is 13.2 Å². The van der Waals surface area contributed by atoms with Crippen LogP contribution in [0, 0.1) is 0 Å². The number of carbonyl (C=O) groups excluding carboxylic acids is 1. The molecule has 162 valence electrons.